The fraction of sp³-hybridized carbons (Fsp3) is 0.300. The van der Waals surface area contributed by atoms with Crippen molar-refractivity contribution in [1.82, 2.24) is 0 Å². The molecule has 0 bridgehead atoms. The topological polar surface area (TPSA) is 46.5 Å². The molecule has 1 unspecified atom stereocenters. The Morgan fingerprint density at radius 1 is 1.64 bits per heavy atom. The Balaban J connectivity index is 2.55. The average Bonchev–Trinajstić information content (AvgIpc) is 2.01. The minimum absolute atomic E-state index is 0.0213. The molecule has 1 N–H and O–H groups in total. The van der Waals surface area contributed by atoms with Crippen LogP contribution in [0.5, 0.6) is 5.75 Å². The van der Waals surface area contributed by atoms with Crippen LogP contribution in [0, 0.1) is 0 Å². The van der Waals surface area contributed by atoms with Crippen LogP contribution in [-0.4, -0.2) is 17.2 Å². The van der Waals surface area contributed by atoms with Crippen LogP contribution in [0.4, 0.5) is 0 Å². The third kappa shape index (κ3) is 3.66. The van der Waals surface area contributed by atoms with Gasteiger partial charge in [0.2, 0.25) is 0 Å². The Kier molecular flexibility index (Phi) is 3.77. The maximum atomic E-state index is 10.4. The normalized spacial score (nSPS) is 12.1. The molecule has 1 aromatic carbocycles. The first kappa shape index (κ1) is 10.9. The first-order valence-corrected chi connectivity index (χ1v) is 4.60. The van der Waals surface area contributed by atoms with E-state index >= 15 is 0 Å². The van der Waals surface area contributed by atoms with E-state index in [1.165, 1.54) is 0 Å². The summed E-state index contributed by atoms with van der Waals surface area (Å²) in [5, 5.41) is 9.08. The lowest BCUT2D eigenvalue weighted by Gasteiger charge is -2.12. The maximum Gasteiger partial charge on any atom is 0.307 e. The summed E-state index contributed by atoms with van der Waals surface area (Å²) < 4.78 is 5.34. The lowest BCUT2D eigenvalue weighted by atomic mass is 10.3. The number of hydrogen-bond acceptors (Lipinski definition) is 2. The molecule has 0 saturated heterocycles. The van der Waals surface area contributed by atoms with Gasteiger partial charge in [0.05, 0.1) is 6.42 Å². The molecule has 0 amide bonds. The smallest absolute Gasteiger partial charge is 0.307 e. The van der Waals surface area contributed by atoms with Crippen LogP contribution >= 0.6 is 11.6 Å². The largest absolute Gasteiger partial charge is 0.490 e. The summed E-state index contributed by atoms with van der Waals surface area (Å²) in [5.41, 5.74) is 0. The third-order valence-electron chi connectivity index (χ3n) is 1.60. The Hall–Kier alpha value is -1.22. The van der Waals surface area contributed by atoms with E-state index in [9.17, 15) is 4.79 Å². The summed E-state index contributed by atoms with van der Waals surface area (Å²) in [4.78, 5) is 10.4. The second-order valence-electron chi connectivity index (χ2n) is 2.98. The Morgan fingerprint density at radius 2 is 2.36 bits per heavy atom. The molecule has 76 valence electrons. The van der Waals surface area contributed by atoms with Gasteiger partial charge in [-0.2, -0.15) is 0 Å². The Labute approximate surface area is 87.3 Å². The molecule has 4 heteroatoms. The van der Waals surface area contributed by atoms with Gasteiger partial charge in [-0.1, -0.05) is 17.7 Å². The lowest BCUT2D eigenvalue weighted by Crippen LogP contribution is -2.16. The van der Waals surface area contributed by atoms with Gasteiger partial charge in [0.1, 0.15) is 11.9 Å². The molecule has 0 aromatic heterocycles. The molecule has 1 rings (SSSR count). The van der Waals surface area contributed by atoms with Gasteiger partial charge in [0.15, 0.2) is 0 Å². The van der Waals surface area contributed by atoms with Crippen LogP contribution in [0.3, 0.4) is 0 Å². The van der Waals surface area contributed by atoms with Crippen LogP contribution in [0.1, 0.15) is 13.3 Å². The van der Waals surface area contributed by atoms with Gasteiger partial charge in [-0.3, -0.25) is 4.79 Å². The van der Waals surface area contributed by atoms with Crippen LogP contribution in [0.15, 0.2) is 24.3 Å². The molecular formula is C10H11ClO3. The summed E-state index contributed by atoms with van der Waals surface area (Å²) in [6.07, 6.45) is -0.377. The van der Waals surface area contributed by atoms with Gasteiger partial charge in [-0.15, -0.1) is 0 Å². The van der Waals surface area contributed by atoms with Crippen molar-refractivity contribution in [2.45, 2.75) is 19.4 Å². The molecular weight excluding hydrogens is 204 g/mol. The number of aliphatic carboxylic acids is 1. The highest BCUT2D eigenvalue weighted by Crippen LogP contribution is 2.18. The molecule has 0 spiro atoms. The molecule has 0 aliphatic carbocycles. The third-order valence-corrected chi connectivity index (χ3v) is 1.83. The SMILES string of the molecule is CC(CC(=O)O)Oc1cccc(Cl)c1. The monoisotopic (exact) mass is 214 g/mol. The second-order valence-corrected chi connectivity index (χ2v) is 3.42. The molecule has 3 nitrogen and oxygen atoms in total. The van der Waals surface area contributed by atoms with Crippen molar-refractivity contribution in [3.8, 4) is 5.75 Å². The lowest BCUT2D eigenvalue weighted by molar-refractivity contribution is -0.138. The summed E-state index contributed by atoms with van der Waals surface area (Å²) in [6, 6.07) is 6.88. The first-order valence-electron chi connectivity index (χ1n) is 4.22. The van der Waals surface area contributed by atoms with E-state index in [2.05, 4.69) is 0 Å². The fourth-order valence-electron chi connectivity index (χ4n) is 1.06. The predicted octanol–water partition coefficient (Wildman–Crippen LogP) is 2.58. The highest BCUT2D eigenvalue weighted by Gasteiger charge is 2.08. The molecule has 0 radical (unpaired) electrons. The van der Waals surface area contributed by atoms with E-state index in [0.717, 1.165) is 0 Å². The van der Waals surface area contributed by atoms with Crippen molar-refractivity contribution >= 4 is 17.6 Å². The summed E-state index contributed by atoms with van der Waals surface area (Å²) in [6.45, 7) is 1.70. The van der Waals surface area contributed by atoms with Crippen molar-refractivity contribution in [3.63, 3.8) is 0 Å². The second kappa shape index (κ2) is 4.86. The summed E-state index contributed by atoms with van der Waals surface area (Å²) in [5.74, 6) is -0.286. The van der Waals surface area contributed by atoms with Crippen molar-refractivity contribution in [1.29, 1.82) is 0 Å². The van der Waals surface area contributed by atoms with E-state index in [-0.39, 0.29) is 12.5 Å². The van der Waals surface area contributed by atoms with Gasteiger partial charge in [-0.05, 0) is 25.1 Å². The minimum atomic E-state index is -0.875. The first-order chi connectivity index (χ1) is 6.58. The number of halogens is 1. The molecule has 0 saturated carbocycles. The van der Waals surface area contributed by atoms with Crippen molar-refractivity contribution in [3.05, 3.63) is 29.3 Å². The Morgan fingerprint density at radius 3 is 2.93 bits per heavy atom. The standard InChI is InChI=1S/C10H11ClO3/c1-7(5-10(12)13)14-9-4-2-3-8(11)6-9/h2-4,6-7H,5H2,1H3,(H,12,13). The highest BCUT2D eigenvalue weighted by atomic mass is 35.5. The van der Waals surface area contributed by atoms with Crippen molar-refractivity contribution in [2.75, 3.05) is 0 Å². The molecule has 0 aliphatic heterocycles. The zero-order valence-electron chi connectivity index (χ0n) is 7.74. The predicted molar refractivity (Wildman–Crippen MR) is 53.8 cm³/mol. The quantitative estimate of drug-likeness (QED) is 0.838. The molecule has 0 heterocycles. The molecule has 14 heavy (non-hydrogen) atoms. The van der Waals surface area contributed by atoms with Crippen molar-refractivity contribution in [2.24, 2.45) is 0 Å². The minimum Gasteiger partial charge on any atom is -0.490 e. The number of benzene rings is 1. The number of ether oxygens (including phenoxy) is 1. The number of rotatable bonds is 4. The van der Waals surface area contributed by atoms with Crippen LogP contribution in [0.2, 0.25) is 5.02 Å². The van der Waals surface area contributed by atoms with E-state index in [4.69, 9.17) is 21.4 Å². The number of hydrogen-bond donors (Lipinski definition) is 1. The van der Waals surface area contributed by atoms with Gasteiger partial charge >= 0.3 is 5.97 Å². The number of carboxylic acids is 1. The van der Waals surface area contributed by atoms with E-state index in [1.54, 1.807) is 31.2 Å². The molecule has 1 aromatic rings. The van der Waals surface area contributed by atoms with Crippen molar-refractivity contribution < 1.29 is 14.6 Å². The fourth-order valence-corrected chi connectivity index (χ4v) is 1.24. The zero-order valence-corrected chi connectivity index (χ0v) is 8.49. The van der Waals surface area contributed by atoms with Gasteiger partial charge in [0.25, 0.3) is 0 Å². The number of carbonyl (C=O) groups is 1. The van der Waals surface area contributed by atoms with E-state index < -0.39 is 5.97 Å². The highest BCUT2D eigenvalue weighted by molar-refractivity contribution is 6.30. The van der Waals surface area contributed by atoms with E-state index in [1.807, 2.05) is 0 Å². The summed E-state index contributed by atoms with van der Waals surface area (Å²) >= 11 is 5.74. The molecule has 0 fully saturated rings. The van der Waals surface area contributed by atoms with Crippen LogP contribution < -0.4 is 4.74 Å². The summed E-state index contributed by atoms with van der Waals surface area (Å²) in [7, 11) is 0. The van der Waals surface area contributed by atoms with Gasteiger partial charge in [-0.25, -0.2) is 0 Å². The molecule has 1 atom stereocenters. The zero-order chi connectivity index (χ0) is 10.6. The van der Waals surface area contributed by atoms with Gasteiger partial charge < -0.3 is 9.84 Å². The molecule has 0 aliphatic rings. The Bertz CT molecular complexity index is 325. The van der Waals surface area contributed by atoms with E-state index in [0.29, 0.717) is 10.8 Å². The van der Waals surface area contributed by atoms with Gasteiger partial charge in [0, 0.05) is 5.02 Å². The van der Waals surface area contributed by atoms with Crippen LogP contribution in [0.25, 0.3) is 0 Å². The maximum absolute atomic E-state index is 10.4. The average molecular weight is 215 g/mol. The van der Waals surface area contributed by atoms with Crippen LogP contribution in [-0.2, 0) is 4.79 Å². The number of carboxylic acid groups (broad SMARTS) is 1.